The van der Waals surface area contributed by atoms with Crippen LogP contribution in [0.5, 0.6) is 0 Å². The molecule has 3 aromatic carbocycles. The second-order valence-corrected chi connectivity index (χ2v) is 5.83. The van der Waals surface area contributed by atoms with Gasteiger partial charge in [0.25, 0.3) is 5.91 Å². The number of nitrogens with zero attached hydrogens (tertiary/aromatic N) is 2. The Balaban J connectivity index is 1.59. The van der Waals surface area contributed by atoms with Crippen LogP contribution in [0, 0.1) is 11.3 Å². The Morgan fingerprint density at radius 3 is 2.58 bits per heavy atom. The van der Waals surface area contributed by atoms with Gasteiger partial charge in [-0.1, -0.05) is 24.3 Å². The van der Waals surface area contributed by atoms with Crippen LogP contribution in [0.1, 0.15) is 15.9 Å². The van der Waals surface area contributed by atoms with E-state index in [1.165, 1.54) is 0 Å². The molecule has 5 heteroatoms. The molecule has 0 fully saturated rings. The Kier molecular flexibility index (Phi) is 3.92. The molecule has 4 rings (SSSR count). The molecule has 4 aromatic rings. The first kappa shape index (κ1) is 15.6. The molecule has 26 heavy (non-hydrogen) atoms. The molecule has 0 saturated heterocycles. The number of fused-ring (bicyclic) bond motifs is 1. The summed E-state index contributed by atoms with van der Waals surface area (Å²) >= 11 is 0. The normalized spacial score (nSPS) is 10.4. The van der Waals surface area contributed by atoms with Crippen LogP contribution in [0.25, 0.3) is 22.4 Å². The van der Waals surface area contributed by atoms with Gasteiger partial charge in [-0.2, -0.15) is 5.26 Å². The number of aromatic nitrogens is 2. The second kappa shape index (κ2) is 6.54. The Morgan fingerprint density at radius 1 is 1.00 bits per heavy atom. The quantitative estimate of drug-likeness (QED) is 0.582. The van der Waals surface area contributed by atoms with Crippen LogP contribution in [-0.2, 0) is 0 Å². The molecule has 0 spiro atoms. The predicted molar refractivity (Wildman–Crippen MR) is 101 cm³/mol. The molecule has 1 aromatic heterocycles. The summed E-state index contributed by atoms with van der Waals surface area (Å²) in [5.41, 5.74) is 4.45. The summed E-state index contributed by atoms with van der Waals surface area (Å²) in [5.74, 6) is 0.525. The van der Waals surface area contributed by atoms with Crippen LogP contribution in [0.15, 0.2) is 72.8 Å². The number of amides is 1. The van der Waals surface area contributed by atoms with Crippen molar-refractivity contribution in [1.82, 2.24) is 9.97 Å². The van der Waals surface area contributed by atoms with Crippen molar-refractivity contribution in [2.24, 2.45) is 0 Å². The third-order valence-corrected chi connectivity index (χ3v) is 4.06. The molecule has 5 nitrogen and oxygen atoms in total. The predicted octanol–water partition coefficient (Wildman–Crippen LogP) is 4.35. The molecule has 0 atom stereocenters. The Labute approximate surface area is 149 Å². The van der Waals surface area contributed by atoms with Gasteiger partial charge in [-0.3, -0.25) is 4.79 Å². The number of para-hydroxylation sites is 2. The fourth-order valence-corrected chi connectivity index (χ4v) is 2.73. The number of nitriles is 1. The number of anilines is 1. The van der Waals surface area contributed by atoms with E-state index in [0.29, 0.717) is 16.8 Å². The van der Waals surface area contributed by atoms with Crippen molar-refractivity contribution in [3.05, 3.63) is 83.9 Å². The average molecular weight is 338 g/mol. The number of H-pyrrole nitrogens is 1. The van der Waals surface area contributed by atoms with Crippen molar-refractivity contribution in [2.45, 2.75) is 0 Å². The maximum atomic E-state index is 12.4. The number of aromatic amines is 1. The highest BCUT2D eigenvalue weighted by molar-refractivity contribution is 6.04. The summed E-state index contributed by atoms with van der Waals surface area (Å²) in [5, 5.41) is 11.7. The van der Waals surface area contributed by atoms with E-state index in [1.54, 1.807) is 24.3 Å². The highest BCUT2D eigenvalue weighted by Gasteiger charge is 2.09. The van der Waals surface area contributed by atoms with Crippen molar-refractivity contribution >= 4 is 22.6 Å². The lowest BCUT2D eigenvalue weighted by molar-refractivity contribution is 0.102. The minimum atomic E-state index is -0.226. The lowest BCUT2D eigenvalue weighted by Gasteiger charge is -2.07. The lowest BCUT2D eigenvalue weighted by atomic mass is 10.1. The zero-order chi connectivity index (χ0) is 17.9. The van der Waals surface area contributed by atoms with Crippen LogP contribution >= 0.6 is 0 Å². The van der Waals surface area contributed by atoms with Crippen molar-refractivity contribution in [1.29, 1.82) is 5.26 Å². The van der Waals surface area contributed by atoms with Crippen molar-refractivity contribution in [3.8, 4) is 17.5 Å². The Bertz CT molecular complexity index is 1100. The van der Waals surface area contributed by atoms with E-state index in [2.05, 4.69) is 15.3 Å². The maximum Gasteiger partial charge on any atom is 0.255 e. The molecule has 0 bridgehead atoms. The monoisotopic (exact) mass is 338 g/mol. The van der Waals surface area contributed by atoms with Gasteiger partial charge in [0.2, 0.25) is 0 Å². The summed E-state index contributed by atoms with van der Waals surface area (Å²) < 4.78 is 0. The zero-order valence-electron chi connectivity index (χ0n) is 13.7. The summed E-state index contributed by atoms with van der Waals surface area (Å²) in [6.07, 6.45) is 0. The van der Waals surface area contributed by atoms with Gasteiger partial charge in [0.15, 0.2) is 0 Å². The van der Waals surface area contributed by atoms with Gasteiger partial charge in [0, 0.05) is 16.8 Å². The van der Waals surface area contributed by atoms with Crippen LogP contribution < -0.4 is 5.32 Å². The van der Waals surface area contributed by atoms with E-state index >= 15 is 0 Å². The molecule has 1 amide bonds. The number of carbonyl (C=O) groups excluding carboxylic acids is 1. The SMILES string of the molecule is N#Cc1ccc(C(=O)Nc2cccc(-c3nc4ccccc4[nH]3)c2)cc1. The molecule has 0 aliphatic carbocycles. The van der Waals surface area contributed by atoms with Gasteiger partial charge in [-0.25, -0.2) is 4.98 Å². The van der Waals surface area contributed by atoms with E-state index in [1.807, 2.05) is 54.6 Å². The van der Waals surface area contributed by atoms with Gasteiger partial charge in [0.05, 0.1) is 22.7 Å². The summed E-state index contributed by atoms with van der Waals surface area (Å²) in [6, 6.07) is 23.9. The van der Waals surface area contributed by atoms with E-state index in [0.717, 1.165) is 22.4 Å². The fraction of sp³-hybridized carbons (Fsp3) is 0. The standard InChI is InChI=1S/C21H14N4O/c22-13-14-8-10-15(11-9-14)21(26)23-17-5-3-4-16(12-17)20-24-18-6-1-2-7-19(18)25-20/h1-12H,(H,23,26)(H,24,25). The first-order valence-corrected chi connectivity index (χ1v) is 8.10. The van der Waals surface area contributed by atoms with Crippen molar-refractivity contribution in [3.63, 3.8) is 0 Å². The summed E-state index contributed by atoms with van der Waals surface area (Å²) in [6.45, 7) is 0. The first-order valence-electron chi connectivity index (χ1n) is 8.10. The van der Waals surface area contributed by atoms with Gasteiger partial charge in [0.1, 0.15) is 5.82 Å². The minimum absolute atomic E-state index is 0.226. The maximum absolute atomic E-state index is 12.4. The van der Waals surface area contributed by atoms with Gasteiger partial charge in [-0.05, 0) is 48.5 Å². The molecule has 124 valence electrons. The van der Waals surface area contributed by atoms with Crippen LogP contribution in [-0.4, -0.2) is 15.9 Å². The van der Waals surface area contributed by atoms with Gasteiger partial charge < -0.3 is 10.3 Å². The van der Waals surface area contributed by atoms with E-state index in [9.17, 15) is 4.79 Å². The minimum Gasteiger partial charge on any atom is -0.338 e. The summed E-state index contributed by atoms with van der Waals surface area (Å²) in [4.78, 5) is 20.2. The molecular weight excluding hydrogens is 324 g/mol. The van der Waals surface area contributed by atoms with Crippen LogP contribution in [0.2, 0.25) is 0 Å². The fourth-order valence-electron chi connectivity index (χ4n) is 2.73. The number of benzene rings is 3. The molecule has 0 aliphatic rings. The van der Waals surface area contributed by atoms with E-state index in [-0.39, 0.29) is 5.91 Å². The van der Waals surface area contributed by atoms with Crippen LogP contribution in [0.3, 0.4) is 0 Å². The topological polar surface area (TPSA) is 81.6 Å². The van der Waals surface area contributed by atoms with E-state index < -0.39 is 0 Å². The average Bonchev–Trinajstić information content (AvgIpc) is 3.12. The molecule has 0 radical (unpaired) electrons. The third-order valence-electron chi connectivity index (χ3n) is 4.06. The number of nitrogens with one attached hydrogen (secondary N) is 2. The Morgan fingerprint density at radius 2 is 1.81 bits per heavy atom. The number of hydrogen-bond donors (Lipinski definition) is 2. The molecular formula is C21H14N4O. The van der Waals surface area contributed by atoms with Gasteiger partial charge >= 0.3 is 0 Å². The zero-order valence-corrected chi connectivity index (χ0v) is 13.7. The number of hydrogen-bond acceptors (Lipinski definition) is 3. The molecule has 2 N–H and O–H groups in total. The van der Waals surface area contributed by atoms with Crippen molar-refractivity contribution in [2.75, 3.05) is 5.32 Å². The largest absolute Gasteiger partial charge is 0.338 e. The Hall–Kier alpha value is -3.91. The van der Waals surface area contributed by atoms with Crippen LogP contribution in [0.4, 0.5) is 5.69 Å². The highest BCUT2D eigenvalue weighted by Crippen LogP contribution is 2.23. The molecule has 1 heterocycles. The second-order valence-electron chi connectivity index (χ2n) is 5.83. The molecule has 0 unspecified atom stereocenters. The van der Waals surface area contributed by atoms with E-state index in [4.69, 9.17) is 5.26 Å². The third kappa shape index (κ3) is 3.04. The molecule has 0 aliphatic heterocycles. The summed E-state index contributed by atoms with van der Waals surface area (Å²) in [7, 11) is 0. The van der Waals surface area contributed by atoms with Crippen molar-refractivity contribution < 1.29 is 4.79 Å². The highest BCUT2D eigenvalue weighted by atomic mass is 16.1. The number of imidazole rings is 1. The number of rotatable bonds is 3. The smallest absolute Gasteiger partial charge is 0.255 e. The molecule has 0 saturated carbocycles. The number of carbonyl (C=O) groups is 1. The first-order chi connectivity index (χ1) is 12.7. The lowest BCUT2D eigenvalue weighted by Crippen LogP contribution is -2.11. The van der Waals surface area contributed by atoms with Gasteiger partial charge in [-0.15, -0.1) is 0 Å².